The first-order valence-corrected chi connectivity index (χ1v) is 7.99. The molecule has 1 aromatic rings. The fraction of sp³-hybridized carbons (Fsp3) is 0.529. The van der Waals surface area contributed by atoms with Gasteiger partial charge in [0.25, 0.3) is 5.91 Å². The van der Waals surface area contributed by atoms with Gasteiger partial charge < -0.3 is 14.9 Å². The topological polar surface area (TPSA) is 60.9 Å². The monoisotopic (exact) mass is 320 g/mol. The number of aromatic carboxylic acids is 1. The van der Waals surface area contributed by atoms with Crippen molar-refractivity contribution in [3.63, 3.8) is 0 Å². The molecular formula is C17H21FN2O3. The molecule has 1 aromatic carbocycles. The lowest BCUT2D eigenvalue weighted by Gasteiger charge is -2.46. The van der Waals surface area contributed by atoms with E-state index in [0.29, 0.717) is 25.0 Å². The second-order valence-corrected chi connectivity index (χ2v) is 6.49. The zero-order chi connectivity index (χ0) is 16.6. The van der Waals surface area contributed by atoms with E-state index < -0.39 is 11.8 Å². The molecule has 0 aliphatic carbocycles. The number of nitrogens with zero attached hydrogens (tertiary/aromatic N) is 2. The maximum absolute atomic E-state index is 14.1. The number of carboxylic acid groups (broad SMARTS) is 1. The average Bonchev–Trinajstić information content (AvgIpc) is 2.54. The SMILES string of the molecule is CN1CCCC2CN(C(=O)c3ccc(C(=O)O)cc3F)CCC21. The lowest BCUT2D eigenvalue weighted by molar-refractivity contribution is 0.0314. The lowest BCUT2D eigenvalue weighted by atomic mass is 9.84. The van der Waals surface area contributed by atoms with E-state index in [1.165, 1.54) is 12.1 Å². The van der Waals surface area contributed by atoms with Crippen molar-refractivity contribution in [2.75, 3.05) is 26.7 Å². The Morgan fingerprint density at radius 2 is 2.04 bits per heavy atom. The molecule has 124 valence electrons. The number of fused-ring (bicyclic) bond motifs is 1. The molecule has 1 N–H and O–H groups in total. The molecule has 3 rings (SSSR count). The Bertz CT molecular complexity index is 634. The molecule has 1 amide bonds. The number of carbonyl (C=O) groups is 2. The normalized spacial score (nSPS) is 25.0. The molecule has 5 nitrogen and oxygen atoms in total. The molecule has 2 aliphatic heterocycles. The summed E-state index contributed by atoms with van der Waals surface area (Å²) in [6, 6.07) is 3.98. The van der Waals surface area contributed by atoms with E-state index in [9.17, 15) is 14.0 Å². The molecule has 0 bridgehead atoms. The molecule has 0 aromatic heterocycles. The van der Waals surface area contributed by atoms with E-state index in [2.05, 4.69) is 11.9 Å². The van der Waals surface area contributed by atoms with Crippen LogP contribution in [0.2, 0.25) is 0 Å². The molecule has 2 fully saturated rings. The van der Waals surface area contributed by atoms with Crippen molar-refractivity contribution < 1.29 is 19.1 Å². The predicted octanol–water partition coefficient (Wildman–Crippen LogP) is 2.08. The number of piperidine rings is 2. The van der Waals surface area contributed by atoms with Crippen LogP contribution in [0.3, 0.4) is 0 Å². The van der Waals surface area contributed by atoms with Crippen LogP contribution in [0.1, 0.15) is 40.0 Å². The Hall–Kier alpha value is -1.95. The number of rotatable bonds is 2. The van der Waals surface area contributed by atoms with Crippen LogP contribution < -0.4 is 0 Å². The number of amides is 1. The zero-order valence-corrected chi connectivity index (χ0v) is 13.2. The van der Waals surface area contributed by atoms with Crippen molar-refractivity contribution >= 4 is 11.9 Å². The maximum Gasteiger partial charge on any atom is 0.335 e. The minimum absolute atomic E-state index is 0.0439. The van der Waals surface area contributed by atoms with Gasteiger partial charge in [-0.1, -0.05) is 0 Å². The third kappa shape index (κ3) is 3.08. The van der Waals surface area contributed by atoms with Gasteiger partial charge in [-0.15, -0.1) is 0 Å². The minimum atomic E-state index is -1.20. The Morgan fingerprint density at radius 1 is 1.26 bits per heavy atom. The minimum Gasteiger partial charge on any atom is -0.478 e. The number of likely N-dealkylation sites (tertiary alicyclic amines) is 2. The summed E-state index contributed by atoms with van der Waals surface area (Å²) >= 11 is 0. The first-order chi connectivity index (χ1) is 11.0. The van der Waals surface area contributed by atoms with E-state index >= 15 is 0 Å². The van der Waals surface area contributed by atoms with E-state index in [0.717, 1.165) is 31.9 Å². The third-order valence-corrected chi connectivity index (χ3v) is 5.08. The number of hydrogen-bond donors (Lipinski definition) is 1. The molecule has 2 unspecified atom stereocenters. The second-order valence-electron chi connectivity index (χ2n) is 6.49. The first kappa shape index (κ1) is 15.9. The van der Waals surface area contributed by atoms with Crippen LogP contribution in [-0.4, -0.2) is 59.5 Å². The summed E-state index contributed by atoms with van der Waals surface area (Å²) in [7, 11) is 2.12. The van der Waals surface area contributed by atoms with Gasteiger partial charge in [0, 0.05) is 19.1 Å². The van der Waals surface area contributed by atoms with Gasteiger partial charge in [0.1, 0.15) is 5.82 Å². The van der Waals surface area contributed by atoms with E-state index in [4.69, 9.17) is 5.11 Å². The molecule has 2 aliphatic rings. The van der Waals surface area contributed by atoms with Gasteiger partial charge in [-0.25, -0.2) is 9.18 Å². The summed E-state index contributed by atoms with van der Waals surface area (Å²) in [4.78, 5) is 27.5. The number of hydrogen-bond acceptors (Lipinski definition) is 3. The van der Waals surface area contributed by atoms with Crippen molar-refractivity contribution in [3.05, 3.63) is 35.1 Å². The summed E-state index contributed by atoms with van der Waals surface area (Å²) in [6.07, 6.45) is 3.13. The van der Waals surface area contributed by atoms with Crippen molar-refractivity contribution in [1.29, 1.82) is 0 Å². The van der Waals surface area contributed by atoms with E-state index in [1.54, 1.807) is 4.90 Å². The van der Waals surface area contributed by atoms with Crippen LogP contribution in [0, 0.1) is 11.7 Å². The molecule has 2 atom stereocenters. The summed E-state index contributed by atoms with van der Waals surface area (Å²) in [5.41, 5.74) is -0.190. The third-order valence-electron chi connectivity index (χ3n) is 5.08. The standard InChI is InChI=1S/C17H21FN2O3/c1-19-7-2-3-12-10-20(8-6-15(12)19)16(21)13-5-4-11(17(22)23)9-14(13)18/h4-5,9,12,15H,2-3,6-8,10H2,1H3,(H,22,23). The number of carboxylic acids is 1. The molecule has 0 saturated carbocycles. The zero-order valence-electron chi connectivity index (χ0n) is 13.2. The molecule has 2 saturated heterocycles. The largest absolute Gasteiger partial charge is 0.478 e. The van der Waals surface area contributed by atoms with Crippen molar-refractivity contribution in [3.8, 4) is 0 Å². The highest BCUT2D eigenvalue weighted by atomic mass is 19.1. The van der Waals surface area contributed by atoms with Gasteiger partial charge in [-0.05, 0) is 57.0 Å². The van der Waals surface area contributed by atoms with Gasteiger partial charge in [0.15, 0.2) is 0 Å². The quantitative estimate of drug-likeness (QED) is 0.906. The fourth-order valence-electron chi connectivity index (χ4n) is 3.83. The highest BCUT2D eigenvalue weighted by Gasteiger charge is 2.36. The van der Waals surface area contributed by atoms with Gasteiger partial charge in [-0.2, -0.15) is 0 Å². The molecular weight excluding hydrogens is 299 g/mol. The highest BCUT2D eigenvalue weighted by molar-refractivity contribution is 5.96. The Kier molecular flexibility index (Phi) is 4.35. The van der Waals surface area contributed by atoms with Gasteiger partial charge in [-0.3, -0.25) is 4.79 Å². The van der Waals surface area contributed by atoms with Gasteiger partial charge >= 0.3 is 5.97 Å². The summed E-state index contributed by atoms with van der Waals surface area (Å²) in [5.74, 6) is -1.87. The van der Waals surface area contributed by atoms with Crippen LogP contribution in [0.15, 0.2) is 18.2 Å². The first-order valence-electron chi connectivity index (χ1n) is 7.99. The smallest absolute Gasteiger partial charge is 0.335 e. The molecule has 0 radical (unpaired) electrons. The molecule has 23 heavy (non-hydrogen) atoms. The van der Waals surface area contributed by atoms with Gasteiger partial charge in [0.05, 0.1) is 11.1 Å². The number of carbonyl (C=O) groups excluding carboxylic acids is 1. The summed E-state index contributed by atoms with van der Waals surface area (Å²) in [5, 5.41) is 8.88. The van der Waals surface area contributed by atoms with Crippen molar-refractivity contribution in [1.82, 2.24) is 9.80 Å². The van der Waals surface area contributed by atoms with Crippen LogP contribution in [0.5, 0.6) is 0 Å². The van der Waals surface area contributed by atoms with Crippen LogP contribution >= 0.6 is 0 Å². The van der Waals surface area contributed by atoms with E-state index in [1.807, 2.05) is 0 Å². The Labute approximate surface area is 134 Å². The Morgan fingerprint density at radius 3 is 2.74 bits per heavy atom. The highest BCUT2D eigenvalue weighted by Crippen LogP contribution is 2.30. The average molecular weight is 320 g/mol. The lowest BCUT2D eigenvalue weighted by Crippen LogP contribution is -2.54. The molecule has 2 heterocycles. The summed E-state index contributed by atoms with van der Waals surface area (Å²) in [6.45, 7) is 2.36. The van der Waals surface area contributed by atoms with E-state index in [-0.39, 0.29) is 17.0 Å². The van der Waals surface area contributed by atoms with Crippen LogP contribution in [0.4, 0.5) is 4.39 Å². The number of benzene rings is 1. The van der Waals surface area contributed by atoms with Crippen molar-refractivity contribution in [2.45, 2.75) is 25.3 Å². The van der Waals surface area contributed by atoms with Gasteiger partial charge in [0.2, 0.25) is 0 Å². The molecule has 6 heteroatoms. The van der Waals surface area contributed by atoms with Crippen LogP contribution in [-0.2, 0) is 0 Å². The fourth-order valence-corrected chi connectivity index (χ4v) is 3.83. The summed E-state index contributed by atoms with van der Waals surface area (Å²) < 4.78 is 14.1. The number of halogens is 1. The predicted molar refractivity (Wildman–Crippen MR) is 83.0 cm³/mol. The maximum atomic E-state index is 14.1. The van der Waals surface area contributed by atoms with Crippen LogP contribution in [0.25, 0.3) is 0 Å². The molecule has 0 spiro atoms. The Balaban J connectivity index is 1.75. The van der Waals surface area contributed by atoms with Crippen molar-refractivity contribution in [2.24, 2.45) is 5.92 Å². The second kappa shape index (κ2) is 6.28.